The van der Waals surface area contributed by atoms with E-state index in [0.717, 1.165) is 37.0 Å². The van der Waals surface area contributed by atoms with Crippen molar-refractivity contribution in [2.45, 2.75) is 57.2 Å². The highest BCUT2D eigenvalue weighted by atomic mass is 35.5. The number of carbonyl (C=O) groups excluding carboxylic acids is 1. The number of ether oxygens (including phenoxy) is 1. The fourth-order valence-electron chi connectivity index (χ4n) is 4.75. The van der Waals surface area contributed by atoms with Gasteiger partial charge in [0.25, 0.3) is 0 Å². The second kappa shape index (κ2) is 6.91. The first kappa shape index (κ1) is 17.7. The van der Waals surface area contributed by atoms with E-state index in [0.29, 0.717) is 64.3 Å². The van der Waals surface area contributed by atoms with Crippen LogP contribution in [0.25, 0.3) is 11.3 Å². The van der Waals surface area contributed by atoms with Crippen molar-refractivity contribution in [1.29, 1.82) is 0 Å². The van der Waals surface area contributed by atoms with Crippen molar-refractivity contribution in [3.8, 4) is 11.3 Å². The summed E-state index contributed by atoms with van der Waals surface area (Å²) in [5.41, 5.74) is 2.35. The number of Topliss-reactive ketones (excluding diaryl/α,β-unsaturated/α-hetero) is 1. The van der Waals surface area contributed by atoms with Gasteiger partial charge in [-0.15, -0.1) is 0 Å². The van der Waals surface area contributed by atoms with Gasteiger partial charge in [0.15, 0.2) is 0 Å². The molecule has 3 fully saturated rings. The first-order chi connectivity index (χ1) is 13.1. The highest BCUT2D eigenvalue weighted by Crippen LogP contribution is 2.47. The summed E-state index contributed by atoms with van der Waals surface area (Å²) in [4.78, 5) is 11.9. The van der Waals surface area contributed by atoms with Gasteiger partial charge < -0.3 is 9.26 Å². The van der Waals surface area contributed by atoms with Crippen molar-refractivity contribution in [2.24, 2.45) is 11.8 Å². The summed E-state index contributed by atoms with van der Waals surface area (Å²) in [5, 5.41) is 5.44. The summed E-state index contributed by atoms with van der Waals surface area (Å²) in [6.07, 6.45) is 5.86. The number of carbonyl (C=O) groups is 1. The van der Waals surface area contributed by atoms with Crippen LogP contribution in [0.4, 0.5) is 0 Å². The van der Waals surface area contributed by atoms with Crippen molar-refractivity contribution >= 4 is 29.0 Å². The predicted octanol–water partition coefficient (Wildman–Crippen LogP) is 5.80. The number of hydrogen-bond donors (Lipinski definition) is 0. The van der Waals surface area contributed by atoms with E-state index in [2.05, 4.69) is 5.16 Å². The number of ketones is 1. The van der Waals surface area contributed by atoms with Crippen molar-refractivity contribution < 1.29 is 14.1 Å². The predicted molar refractivity (Wildman–Crippen MR) is 103 cm³/mol. The Bertz CT molecular complexity index is 853. The smallest absolute Gasteiger partial charge is 0.145 e. The Labute approximate surface area is 168 Å². The van der Waals surface area contributed by atoms with Gasteiger partial charge in [0, 0.05) is 29.9 Å². The molecule has 0 N–H and O–H groups in total. The second-order valence-electron chi connectivity index (χ2n) is 8.06. The Morgan fingerprint density at radius 2 is 1.74 bits per heavy atom. The standard InChI is InChI=1S/C21H21Cl2NO3/c22-16-2-1-3-17(23)18(16)19-15(21(27-24-19)11-4-5-11)10-26-20-12-6-7-13(20)9-14(25)8-12/h1-3,11-13,20H,4-10H2/t12-,13?,20?/m0/s1. The van der Waals surface area contributed by atoms with Crippen molar-refractivity contribution in [3.63, 3.8) is 0 Å². The molecule has 2 unspecified atom stereocenters. The minimum atomic E-state index is 0.152. The van der Waals surface area contributed by atoms with Crippen molar-refractivity contribution in [1.82, 2.24) is 5.16 Å². The highest BCUT2D eigenvalue weighted by molar-refractivity contribution is 6.39. The molecule has 4 nitrogen and oxygen atoms in total. The molecule has 142 valence electrons. The Morgan fingerprint density at radius 1 is 1.07 bits per heavy atom. The summed E-state index contributed by atoms with van der Waals surface area (Å²) in [5.74, 6) is 2.41. The van der Waals surface area contributed by atoms with Crippen LogP contribution in [0.2, 0.25) is 10.0 Å². The molecule has 1 aromatic heterocycles. The molecule has 0 saturated heterocycles. The largest absolute Gasteiger partial charge is 0.373 e. The number of nitrogens with zero attached hydrogens (tertiary/aromatic N) is 1. The Hall–Kier alpha value is -1.36. The summed E-state index contributed by atoms with van der Waals surface area (Å²) in [6.45, 7) is 0.429. The van der Waals surface area contributed by atoms with Crippen molar-refractivity contribution in [3.05, 3.63) is 39.6 Å². The molecule has 6 heteroatoms. The molecule has 2 aromatic rings. The maximum atomic E-state index is 11.9. The molecule has 3 aliphatic rings. The van der Waals surface area contributed by atoms with E-state index in [4.69, 9.17) is 32.5 Å². The number of halogens is 2. The number of rotatable bonds is 5. The van der Waals surface area contributed by atoms with Gasteiger partial charge in [0.2, 0.25) is 0 Å². The Morgan fingerprint density at radius 3 is 2.37 bits per heavy atom. The average Bonchev–Trinajstić information content (AvgIpc) is 3.34. The van der Waals surface area contributed by atoms with Crippen molar-refractivity contribution in [2.75, 3.05) is 0 Å². The van der Waals surface area contributed by atoms with E-state index in [-0.39, 0.29) is 6.10 Å². The minimum absolute atomic E-state index is 0.152. The van der Waals surface area contributed by atoms with E-state index >= 15 is 0 Å². The van der Waals surface area contributed by atoms with Crippen LogP contribution in [0.15, 0.2) is 22.7 Å². The average molecular weight is 406 g/mol. The molecule has 1 heterocycles. The van der Waals surface area contributed by atoms with E-state index in [1.807, 2.05) is 18.2 Å². The van der Waals surface area contributed by atoms with Crippen LogP contribution in [0.3, 0.4) is 0 Å². The molecule has 0 radical (unpaired) electrons. The lowest BCUT2D eigenvalue weighted by atomic mass is 9.85. The van der Waals surface area contributed by atoms with Crippen LogP contribution in [-0.4, -0.2) is 17.0 Å². The third-order valence-corrected chi connectivity index (χ3v) is 6.83. The lowest BCUT2D eigenvalue weighted by Crippen LogP contribution is -2.33. The molecule has 3 atom stereocenters. The fourth-order valence-corrected chi connectivity index (χ4v) is 5.32. The van der Waals surface area contributed by atoms with Crippen LogP contribution in [-0.2, 0) is 16.1 Å². The van der Waals surface area contributed by atoms with E-state index in [9.17, 15) is 4.79 Å². The molecule has 3 aliphatic carbocycles. The third kappa shape index (κ3) is 3.22. The second-order valence-corrected chi connectivity index (χ2v) is 8.88. The van der Waals surface area contributed by atoms with Gasteiger partial charge in [-0.1, -0.05) is 34.4 Å². The first-order valence-electron chi connectivity index (χ1n) is 9.68. The molecule has 27 heavy (non-hydrogen) atoms. The number of hydrogen-bond acceptors (Lipinski definition) is 4. The molecule has 3 saturated carbocycles. The quantitative estimate of drug-likeness (QED) is 0.630. The maximum Gasteiger partial charge on any atom is 0.145 e. The summed E-state index contributed by atoms with van der Waals surface area (Å²) >= 11 is 12.8. The van der Waals surface area contributed by atoms with Crippen LogP contribution in [0.1, 0.15) is 55.8 Å². The van der Waals surface area contributed by atoms with Gasteiger partial charge in [-0.25, -0.2) is 0 Å². The topological polar surface area (TPSA) is 52.3 Å². The van der Waals surface area contributed by atoms with Gasteiger partial charge in [0.05, 0.1) is 22.8 Å². The lowest BCUT2D eigenvalue weighted by Gasteiger charge is -2.29. The van der Waals surface area contributed by atoms with E-state index in [1.165, 1.54) is 0 Å². The maximum absolute atomic E-state index is 11.9. The molecule has 0 spiro atoms. The van der Waals surface area contributed by atoms with Gasteiger partial charge >= 0.3 is 0 Å². The number of benzene rings is 1. The lowest BCUT2D eigenvalue weighted by molar-refractivity contribution is -0.127. The normalized spacial score (nSPS) is 27.3. The van der Waals surface area contributed by atoms with E-state index < -0.39 is 0 Å². The van der Waals surface area contributed by atoms with Crippen LogP contribution in [0.5, 0.6) is 0 Å². The Kier molecular flexibility index (Phi) is 4.53. The van der Waals surface area contributed by atoms with Gasteiger partial charge in [-0.2, -0.15) is 0 Å². The monoisotopic (exact) mass is 405 g/mol. The summed E-state index contributed by atoms with van der Waals surface area (Å²) in [6, 6.07) is 5.45. The summed E-state index contributed by atoms with van der Waals surface area (Å²) < 4.78 is 12.1. The first-order valence-corrected chi connectivity index (χ1v) is 10.4. The SMILES string of the molecule is O=C1CC2CC[C@@H](C1)C2OCc1c(-c2c(Cl)cccc2Cl)noc1C1CC1. The Balaban J connectivity index is 1.45. The number of fused-ring (bicyclic) bond motifs is 2. The van der Waals surface area contributed by atoms with Gasteiger partial charge in [0.1, 0.15) is 17.2 Å². The highest BCUT2D eigenvalue weighted by Gasteiger charge is 2.43. The molecule has 5 rings (SSSR count). The summed E-state index contributed by atoms with van der Waals surface area (Å²) in [7, 11) is 0. The molecule has 2 bridgehead atoms. The zero-order valence-corrected chi connectivity index (χ0v) is 16.4. The number of aromatic nitrogens is 1. The zero-order valence-electron chi connectivity index (χ0n) is 14.9. The minimum Gasteiger partial charge on any atom is -0.373 e. The third-order valence-electron chi connectivity index (χ3n) is 6.20. The molecule has 1 aromatic carbocycles. The van der Waals surface area contributed by atoms with Gasteiger partial charge in [-0.05, 0) is 49.7 Å². The molecule has 0 aliphatic heterocycles. The van der Waals surface area contributed by atoms with Crippen LogP contribution < -0.4 is 0 Å². The zero-order chi connectivity index (χ0) is 18.5. The molecular formula is C21H21Cl2NO3. The van der Waals surface area contributed by atoms with Crippen LogP contribution in [0, 0.1) is 11.8 Å². The molecule has 0 amide bonds. The van der Waals surface area contributed by atoms with Gasteiger partial charge in [-0.3, -0.25) is 4.79 Å². The van der Waals surface area contributed by atoms with Crippen LogP contribution >= 0.6 is 23.2 Å². The van der Waals surface area contributed by atoms with E-state index in [1.54, 1.807) is 0 Å². The molecular weight excluding hydrogens is 385 g/mol. The fraction of sp³-hybridized carbons (Fsp3) is 0.524.